The van der Waals surface area contributed by atoms with E-state index in [0.29, 0.717) is 67.9 Å². The van der Waals surface area contributed by atoms with Gasteiger partial charge in [0, 0.05) is 30.7 Å². The molecule has 1 saturated carbocycles. The molecule has 11 heteroatoms. The van der Waals surface area contributed by atoms with Gasteiger partial charge in [0.25, 0.3) is 0 Å². The maximum absolute atomic E-state index is 14.4. The van der Waals surface area contributed by atoms with Crippen LogP contribution in [-0.2, 0) is 9.53 Å². The number of anilines is 3. The normalized spacial score (nSPS) is 24.9. The molecule has 5 rings (SSSR count). The Morgan fingerprint density at radius 3 is 2.69 bits per heavy atom. The highest BCUT2D eigenvalue weighted by atomic mass is 19.1. The van der Waals surface area contributed by atoms with Crippen molar-refractivity contribution in [1.29, 1.82) is 0 Å². The van der Waals surface area contributed by atoms with E-state index >= 15 is 0 Å². The van der Waals surface area contributed by atoms with Gasteiger partial charge in [-0.15, -0.1) is 0 Å². The number of nitrogens with two attached hydrogens (primary N) is 1. The van der Waals surface area contributed by atoms with Gasteiger partial charge in [-0.25, -0.2) is 18.7 Å². The highest BCUT2D eigenvalue weighted by Crippen LogP contribution is 2.37. The molecule has 2 fully saturated rings. The van der Waals surface area contributed by atoms with Crippen LogP contribution in [0.25, 0.3) is 11.2 Å². The lowest BCUT2D eigenvalue weighted by Crippen LogP contribution is -2.36. The SMILES string of the molecule is CC1COCCC1Nc1ncc2nc(Nc3ccc(F)cc3F)n(C3CCC(C(N)=O)CC3)c2n1. The van der Waals surface area contributed by atoms with Crippen LogP contribution in [0, 0.1) is 23.5 Å². The van der Waals surface area contributed by atoms with E-state index in [-0.39, 0.29) is 29.6 Å². The number of carbonyl (C=O) groups is 1. The summed E-state index contributed by atoms with van der Waals surface area (Å²) in [7, 11) is 0. The molecule has 2 unspecified atom stereocenters. The highest BCUT2D eigenvalue weighted by molar-refractivity contribution is 5.78. The van der Waals surface area contributed by atoms with E-state index in [0.717, 1.165) is 12.5 Å². The first-order chi connectivity index (χ1) is 16.9. The molecule has 2 aromatic heterocycles. The molecule has 35 heavy (non-hydrogen) atoms. The fraction of sp³-hybridized carbons (Fsp3) is 0.500. The number of aromatic nitrogens is 4. The number of primary amides is 1. The van der Waals surface area contributed by atoms with Crippen LogP contribution in [0.2, 0.25) is 0 Å². The van der Waals surface area contributed by atoms with E-state index in [1.165, 1.54) is 12.1 Å². The van der Waals surface area contributed by atoms with Crippen molar-refractivity contribution in [3.05, 3.63) is 36.0 Å². The third-order valence-electron chi connectivity index (χ3n) is 7.03. The summed E-state index contributed by atoms with van der Waals surface area (Å²) in [5, 5.41) is 6.43. The summed E-state index contributed by atoms with van der Waals surface area (Å²) in [6.45, 7) is 3.48. The number of halogens is 2. The number of hydrogen-bond donors (Lipinski definition) is 3. The molecular weight excluding hydrogens is 456 g/mol. The van der Waals surface area contributed by atoms with Crippen LogP contribution < -0.4 is 16.4 Å². The zero-order valence-electron chi connectivity index (χ0n) is 19.5. The maximum atomic E-state index is 14.4. The van der Waals surface area contributed by atoms with Gasteiger partial charge < -0.3 is 21.1 Å². The number of amides is 1. The van der Waals surface area contributed by atoms with Gasteiger partial charge in [0.15, 0.2) is 5.65 Å². The average molecular weight is 486 g/mol. The molecule has 4 N–H and O–H groups in total. The quantitative estimate of drug-likeness (QED) is 0.484. The second-order valence-corrected chi connectivity index (χ2v) is 9.46. The Morgan fingerprint density at radius 1 is 1.17 bits per heavy atom. The predicted octanol–water partition coefficient (Wildman–Crippen LogP) is 3.90. The van der Waals surface area contributed by atoms with Crippen LogP contribution in [0.15, 0.2) is 24.4 Å². The van der Waals surface area contributed by atoms with Crippen LogP contribution in [-0.4, -0.2) is 44.7 Å². The van der Waals surface area contributed by atoms with Crippen LogP contribution >= 0.6 is 0 Å². The zero-order chi connectivity index (χ0) is 24.5. The lowest BCUT2D eigenvalue weighted by Gasteiger charge is -2.30. The minimum Gasteiger partial charge on any atom is -0.381 e. The van der Waals surface area contributed by atoms with Crippen molar-refractivity contribution >= 4 is 34.7 Å². The predicted molar refractivity (Wildman–Crippen MR) is 127 cm³/mol. The number of carbonyl (C=O) groups excluding carboxylic acids is 1. The van der Waals surface area contributed by atoms with Gasteiger partial charge in [0.1, 0.15) is 17.2 Å². The largest absolute Gasteiger partial charge is 0.381 e. The molecule has 3 heterocycles. The molecular formula is C24H29F2N7O2. The van der Waals surface area contributed by atoms with Crippen LogP contribution in [0.1, 0.15) is 45.1 Å². The van der Waals surface area contributed by atoms with E-state index in [1.54, 1.807) is 6.20 Å². The number of hydrogen-bond acceptors (Lipinski definition) is 7. The minimum atomic E-state index is -0.719. The smallest absolute Gasteiger partial charge is 0.224 e. The second kappa shape index (κ2) is 9.73. The van der Waals surface area contributed by atoms with E-state index in [2.05, 4.69) is 27.5 Å². The number of nitrogens with one attached hydrogen (secondary N) is 2. The Kier molecular flexibility index (Phi) is 6.50. The third kappa shape index (κ3) is 4.90. The molecule has 0 spiro atoms. The van der Waals surface area contributed by atoms with Gasteiger partial charge in [-0.1, -0.05) is 6.92 Å². The summed E-state index contributed by atoms with van der Waals surface area (Å²) >= 11 is 0. The minimum absolute atomic E-state index is 0.0219. The number of benzene rings is 1. The monoisotopic (exact) mass is 485 g/mol. The van der Waals surface area contributed by atoms with Gasteiger partial charge in [-0.3, -0.25) is 9.36 Å². The molecule has 3 aromatic rings. The Bertz CT molecular complexity index is 1230. The summed E-state index contributed by atoms with van der Waals surface area (Å²) in [5.41, 5.74) is 6.79. The van der Waals surface area contributed by atoms with Gasteiger partial charge in [0.05, 0.1) is 18.5 Å². The summed E-state index contributed by atoms with van der Waals surface area (Å²) in [5.74, 6) is -0.630. The fourth-order valence-corrected chi connectivity index (χ4v) is 4.98. The summed E-state index contributed by atoms with van der Waals surface area (Å²) in [4.78, 5) is 25.5. The first-order valence-corrected chi connectivity index (χ1v) is 12.0. The van der Waals surface area contributed by atoms with Gasteiger partial charge in [0.2, 0.25) is 17.8 Å². The molecule has 0 radical (unpaired) electrons. The second-order valence-electron chi connectivity index (χ2n) is 9.46. The van der Waals surface area contributed by atoms with Crippen molar-refractivity contribution in [3.8, 4) is 0 Å². The summed E-state index contributed by atoms with van der Waals surface area (Å²) in [6, 6.07) is 3.52. The van der Waals surface area contributed by atoms with E-state index in [1.807, 2.05) is 4.57 Å². The van der Waals surface area contributed by atoms with Crippen LogP contribution in [0.4, 0.5) is 26.4 Å². The van der Waals surface area contributed by atoms with E-state index in [4.69, 9.17) is 15.5 Å². The van der Waals surface area contributed by atoms with E-state index in [9.17, 15) is 13.6 Å². The average Bonchev–Trinajstić information content (AvgIpc) is 3.19. The van der Waals surface area contributed by atoms with Crippen LogP contribution in [0.3, 0.4) is 0 Å². The molecule has 0 bridgehead atoms. The van der Waals surface area contributed by atoms with Crippen molar-refractivity contribution in [2.45, 2.75) is 51.1 Å². The third-order valence-corrected chi connectivity index (χ3v) is 7.03. The van der Waals surface area contributed by atoms with Crippen molar-refractivity contribution in [2.75, 3.05) is 23.8 Å². The van der Waals surface area contributed by atoms with Crippen molar-refractivity contribution in [1.82, 2.24) is 19.5 Å². The van der Waals surface area contributed by atoms with Crippen molar-refractivity contribution in [2.24, 2.45) is 17.6 Å². The standard InChI is InChI=1S/C24H29F2N7O2/c1-13-12-35-9-8-18(13)29-23-28-11-20-22(32-23)33(16-5-2-14(3-6-16)21(27)34)24(31-20)30-19-7-4-15(25)10-17(19)26/h4,7,10-11,13-14,16,18H,2-3,5-6,8-9,12H2,1H3,(H2,27,34)(H,30,31)(H,28,29,32). The Hall–Kier alpha value is -3.34. The summed E-state index contributed by atoms with van der Waals surface area (Å²) in [6.07, 6.45) is 5.20. The number of rotatable bonds is 6. The molecule has 1 aromatic carbocycles. The number of ether oxygens (including phenoxy) is 1. The number of nitrogens with zero attached hydrogens (tertiary/aromatic N) is 4. The molecule has 1 aliphatic heterocycles. The van der Waals surface area contributed by atoms with Gasteiger partial charge >= 0.3 is 0 Å². The topological polar surface area (TPSA) is 120 Å². The molecule has 1 aliphatic carbocycles. The van der Waals surface area contributed by atoms with Gasteiger partial charge in [-0.2, -0.15) is 4.98 Å². The fourth-order valence-electron chi connectivity index (χ4n) is 4.98. The molecule has 9 nitrogen and oxygen atoms in total. The number of imidazole rings is 1. The summed E-state index contributed by atoms with van der Waals surface area (Å²) < 4.78 is 35.3. The van der Waals surface area contributed by atoms with Gasteiger partial charge in [-0.05, 0) is 50.2 Å². The Balaban J connectivity index is 1.50. The van der Waals surface area contributed by atoms with E-state index < -0.39 is 11.6 Å². The first kappa shape index (κ1) is 23.4. The van der Waals surface area contributed by atoms with Crippen molar-refractivity contribution < 1.29 is 18.3 Å². The highest BCUT2D eigenvalue weighted by Gasteiger charge is 2.30. The Labute approximate surface area is 201 Å². The molecule has 1 amide bonds. The van der Waals surface area contributed by atoms with Crippen molar-refractivity contribution in [3.63, 3.8) is 0 Å². The lowest BCUT2D eigenvalue weighted by atomic mass is 9.85. The molecule has 1 saturated heterocycles. The zero-order valence-corrected chi connectivity index (χ0v) is 19.5. The van der Waals surface area contributed by atoms with Crippen LogP contribution in [0.5, 0.6) is 0 Å². The molecule has 186 valence electrons. The maximum Gasteiger partial charge on any atom is 0.224 e. The molecule has 2 aliphatic rings. The Morgan fingerprint density at radius 2 is 1.97 bits per heavy atom. The molecule has 2 atom stereocenters. The lowest BCUT2D eigenvalue weighted by molar-refractivity contribution is -0.122. The first-order valence-electron chi connectivity index (χ1n) is 12.0. The number of fused-ring (bicyclic) bond motifs is 1.